The summed E-state index contributed by atoms with van der Waals surface area (Å²) < 4.78 is 0. The third-order valence-corrected chi connectivity index (χ3v) is 2.50. The van der Waals surface area contributed by atoms with Gasteiger partial charge in [-0.2, -0.15) is 0 Å². The fourth-order valence-electron chi connectivity index (χ4n) is 1.61. The summed E-state index contributed by atoms with van der Waals surface area (Å²) in [6.45, 7) is 2.12. The van der Waals surface area contributed by atoms with E-state index in [1.54, 1.807) is 36.7 Å². The topological polar surface area (TPSA) is 80.9 Å². The molecule has 0 unspecified atom stereocenters. The molecule has 20 heavy (non-hydrogen) atoms. The number of anilines is 1. The summed E-state index contributed by atoms with van der Waals surface area (Å²) in [5.41, 5.74) is 7.40. The van der Waals surface area contributed by atoms with Gasteiger partial charge >= 0.3 is 0 Å². The van der Waals surface area contributed by atoms with Gasteiger partial charge in [-0.3, -0.25) is 9.78 Å². The molecule has 0 aliphatic carbocycles. The lowest BCUT2D eigenvalue weighted by molar-refractivity contribution is 0.102. The molecule has 5 heteroatoms. The molecule has 5 nitrogen and oxygen atoms in total. The van der Waals surface area contributed by atoms with Crippen LogP contribution in [0.15, 0.2) is 36.7 Å². The minimum absolute atomic E-state index is 0.230. The molecule has 2 aromatic rings. The molecule has 0 aliphatic rings. The Hall–Kier alpha value is -2.71. The molecule has 100 valence electrons. The van der Waals surface area contributed by atoms with E-state index in [1.807, 2.05) is 6.92 Å². The van der Waals surface area contributed by atoms with E-state index < -0.39 is 0 Å². The van der Waals surface area contributed by atoms with Crippen molar-refractivity contribution in [3.05, 3.63) is 53.5 Å². The Bertz CT molecular complexity index is 686. The van der Waals surface area contributed by atoms with Gasteiger partial charge in [-0.25, -0.2) is 4.98 Å². The fourth-order valence-corrected chi connectivity index (χ4v) is 1.61. The van der Waals surface area contributed by atoms with Gasteiger partial charge in [0.25, 0.3) is 5.91 Å². The van der Waals surface area contributed by atoms with Crippen molar-refractivity contribution < 1.29 is 4.79 Å². The monoisotopic (exact) mass is 266 g/mol. The molecule has 0 saturated carbocycles. The van der Waals surface area contributed by atoms with Gasteiger partial charge in [0, 0.05) is 29.2 Å². The Balaban J connectivity index is 2.15. The molecule has 0 saturated heterocycles. The van der Waals surface area contributed by atoms with Crippen LogP contribution in [0.5, 0.6) is 0 Å². The highest BCUT2D eigenvalue weighted by Crippen LogP contribution is 2.09. The van der Waals surface area contributed by atoms with E-state index >= 15 is 0 Å². The number of aromatic nitrogens is 2. The van der Waals surface area contributed by atoms with Crippen LogP contribution in [0.4, 0.5) is 5.82 Å². The van der Waals surface area contributed by atoms with Gasteiger partial charge in [0.05, 0.1) is 6.54 Å². The van der Waals surface area contributed by atoms with Gasteiger partial charge in [0.1, 0.15) is 5.82 Å². The number of rotatable bonds is 2. The SMILES string of the molecule is Cc1cc(C(=O)Nc2cc(C#CCN)ccn2)ccn1. The zero-order valence-electron chi connectivity index (χ0n) is 11.1. The zero-order valence-corrected chi connectivity index (χ0v) is 11.1. The van der Waals surface area contributed by atoms with Gasteiger partial charge in [-0.1, -0.05) is 11.8 Å². The number of hydrogen-bond acceptors (Lipinski definition) is 4. The molecule has 0 atom stereocenters. The maximum absolute atomic E-state index is 12.1. The molecule has 0 aromatic carbocycles. The van der Waals surface area contributed by atoms with E-state index in [2.05, 4.69) is 27.1 Å². The van der Waals surface area contributed by atoms with E-state index in [0.717, 1.165) is 11.3 Å². The summed E-state index contributed by atoms with van der Waals surface area (Å²) in [5, 5.41) is 2.73. The number of hydrogen-bond donors (Lipinski definition) is 2. The first-order valence-electron chi connectivity index (χ1n) is 6.08. The third-order valence-electron chi connectivity index (χ3n) is 2.50. The average Bonchev–Trinajstić information content (AvgIpc) is 2.45. The van der Waals surface area contributed by atoms with E-state index in [9.17, 15) is 4.79 Å². The minimum Gasteiger partial charge on any atom is -0.320 e. The van der Waals surface area contributed by atoms with Crippen molar-refractivity contribution in [1.29, 1.82) is 0 Å². The predicted octanol–water partition coefficient (Wildman–Crippen LogP) is 1.35. The lowest BCUT2D eigenvalue weighted by Crippen LogP contribution is -2.13. The quantitative estimate of drug-likeness (QED) is 0.804. The van der Waals surface area contributed by atoms with Crippen molar-refractivity contribution in [3.8, 4) is 11.8 Å². The summed E-state index contributed by atoms with van der Waals surface area (Å²) in [6.07, 6.45) is 3.19. The summed E-state index contributed by atoms with van der Waals surface area (Å²) in [6, 6.07) is 6.83. The van der Waals surface area contributed by atoms with Crippen LogP contribution < -0.4 is 11.1 Å². The maximum atomic E-state index is 12.1. The Labute approximate surface area is 117 Å². The number of amides is 1. The van der Waals surface area contributed by atoms with E-state index in [0.29, 0.717) is 17.9 Å². The molecule has 2 aromatic heterocycles. The van der Waals surface area contributed by atoms with Crippen molar-refractivity contribution in [2.45, 2.75) is 6.92 Å². The minimum atomic E-state index is -0.230. The van der Waals surface area contributed by atoms with Crippen LogP contribution in [0.3, 0.4) is 0 Å². The van der Waals surface area contributed by atoms with Crippen LogP contribution >= 0.6 is 0 Å². The number of pyridine rings is 2. The Morgan fingerprint density at radius 1 is 1.30 bits per heavy atom. The lowest BCUT2D eigenvalue weighted by Gasteiger charge is -2.05. The van der Waals surface area contributed by atoms with Crippen LogP contribution in [0.2, 0.25) is 0 Å². The molecular weight excluding hydrogens is 252 g/mol. The van der Waals surface area contributed by atoms with Gasteiger partial charge in [0.2, 0.25) is 0 Å². The van der Waals surface area contributed by atoms with Crippen LogP contribution in [-0.4, -0.2) is 22.4 Å². The van der Waals surface area contributed by atoms with E-state index in [4.69, 9.17) is 5.73 Å². The average molecular weight is 266 g/mol. The zero-order chi connectivity index (χ0) is 14.4. The Morgan fingerprint density at radius 2 is 2.10 bits per heavy atom. The smallest absolute Gasteiger partial charge is 0.256 e. The maximum Gasteiger partial charge on any atom is 0.256 e. The number of carbonyl (C=O) groups is 1. The highest BCUT2D eigenvalue weighted by molar-refractivity contribution is 6.03. The van der Waals surface area contributed by atoms with Crippen LogP contribution in [0.1, 0.15) is 21.6 Å². The second-order valence-electron chi connectivity index (χ2n) is 4.08. The number of carbonyl (C=O) groups excluding carboxylic acids is 1. The fraction of sp³-hybridized carbons (Fsp3) is 0.133. The first kappa shape index (κ1) is 13.7. The molecular formula is C15H14N4O. The summed E-state index contributed by atoms with van der Waals surface area (Å²) in [5.74, 6) is 5.87. The van der Waals surface area contributed by atoms with Crippen molar-refractivity contribution in [2.24, 2.45) is 5.73 Å². The molecule has 0 aliphatic heterocycles. The molecule has 0 spiro atoms. The molecule has 2 heterocycles. The highest BCUT2D eigenvalue weighted by atomic mass is 16.1. The number of nitrogens with one attached hydrogen (secondary N) is 1. The van der Waals surface area contributed by atoms with Crippen LogP contribution in [0.25, 0.3) is 0 Å². The van der Waals surface area contributed by atoms with Gasteiger partial charge in [0.15, 0.2) is 0 Å². The Morgan fingerprint density at radius 3 is 2.85 bits per heavy atom. The number of aryl methyl sites for hydroxylation is 1. The third kappa shape index (κ3) is 3.64. The second kappa shape index (κ2) is 6.45. The van der Waals surface area contributed by atoms with Gasteiger partial charge < -0.3 is 11.1 Å². The summed E-state index contributed by atoms with van der Waals surface area (Å²) in [7, 11) is 0. The second-order valence-corrected chi connectivity index (χ2v) is 4.08. The number of nitrogens with two attached hydrogens (primary N) is 1. The van der Waals surface area contributed by atoms with Crippen LogP contribution in [0, 0.1) is 18.8 Å². The molecule has 0 fully saturated rings. The van der Waals surface area contributed by atoms with Crippen molar-refractivity contribution in [2.75, 3.05) is 11.9 Å². The lowest BCUT2D eigenvalue weighted by atomic mass is 10.2. The normalized spacial score (nSPS) is 9.50. The van der Waals surface area contributed by atoms with E-state index in [-0.39, 0.29) is 5.91 Å². The van der Waals surface area contributed by atoms with Gasteiger partial charge in [-0.15, -0.1) is 0 Å². The van der Waals surface area contributed by atoms with Crippen molar-refractivity contribution in [1.82, 2.24) is 9.97 Å². The highest BCUT2D eigenvalue weighted by Gasteiger charge is 2.07. The largest absolute Gasteiger partial charge is 0.320 e. The molecule has 0 radical (unpaired) electrons. The van der Waals surface area contributed by atoms with E-state index in [1.165, 1.54) is 0 Å². The number of nitrogens with zero attached hydrogens (tertiary/aromatic N) is 2. The first-order chi connectivity index (χ1) is 9.69. The van der Waals surface area contributed by atoms with Crippen LogP contribution in [-0.2, 0) is 0 Å². The predicted molar refractivity (Wildman–Crippen MR) is 77.1 cm³/mol. The van der Waals surface area contributed by atoms with Gasteiger partial charge in [-0.05, 0) is 31.2 Å². The Kier molecular flexibility index (Phi) is 4.43. The molecule has 0 bridgehead atoms. The molecule has 1 amide bonds. The van der Waals surface area contributed by atoms with Crippen molar-refractivity contribution in [3.63, 3.8) is 0 Å². The first-order valence-corrected chi connectivity index (χ1v) is 6.08. The standard InChI is InChI=1S/C15H14N4O/c1-11-9-13(5-8-17-11)15(20)19-14-10-12(3-2-6-16)4-7-18-14/h4-5,7-10H,6,16H2,1H3,(H,18,19,20). The summed E-state index contributed by atoms with van der Waals surface area (Å²) in [4.78, 5) is 20.2. The molecule has 2 rings (SSSR count). The summed E-state index contributed by atoms with van der Waals surface area (Å²) >= 11 is 0. The molecule has 3 N–H and O–H groups in total. The van der Waals surface area contributed by atoms with Crippen molar-refractivity contribution >= 4 is 11.7 Å².